The Morgan fingerprint density at radius 1 is 1.31 bits per heavy atom. The first kappa shape index (κ1) is 11.4. The molecule has 0 fully saturated rings. The Morgan fingerprint density at radius 2 is 2.06 bits per heavy atom. The van der Waals surface area contributed by atoms with E-state index >= 15 is 0 Å². The van der Waals surface area contributed by atoms with Crippen molar-refractivity contribution in [3.63, 3.8) is 0 Å². The summed E-state index contributed by atoms with van der Waals surface area (Å²) in [6.07, 6.45) is 0. The molecule has 1 aromatic heterocycles. The second-order valence-electron chi connectivity index (χ2n) is 4.25. The molecule has 0 atom stereocenters. The lowest BCUT2D eigenvalue weighted by molar-refractivity contribution is 0.901. The Balaban J connectivity index is 2.68. The Hall–Kier alpha value is -1.09. The van der Waals surface area contributed by atoms with Gasteiger partial charge in [-0.3, -0.25) is 4.98 Å². The van der Waals surface area contributed by atoms with Crippen LogP contribution in [0.4, 0.5) is 5.69 Å². The molecule has 1 aromatic carbocycles. The average Bonchev–Trinajstić information content (AvgIpc) is 2.18. The fraction of sp³-hybridized carbons (Fsp3) is 0.308. The number of hydrogen-bond acceptors (Lipinski definition) is 2. The zero-order valence-electron chi connectivity index (χ0n) is 9.71. The zero-order valence-corrected chi connectivity index (χ0v) is 11.3. The molecule has 1 N–H and O–H groups in total. The number of hydrogen-bond donors (Lipinski definition) is 1. The zero-order chi connectivity index (χ0) is 11.7. The summed E-state index contributed by atoms with van der Waals surface area (Å²) in [5, 5.41) is 4.62. The molecule has 84 valence electrons. The number of nitrogens with zero attached hydrogens (tertiary/aromatic N) is 1. The molecule has 0 saturated carbocycles. The minimum atomic E-state index is 0.420. The minimum absolute atomic E-state index is 0.420. The van der Waals surface area contributed by atoms with E-state index in [2.05, 4.69) is 52.2 Å². The molecule has 2 rings (SSSR count). The number of pyridine rings is 1. The van der Waals surface area contributed by atoms with E-state index < -0.39 is 0 Å². The molecule has 0 saturated heterocycles. The number of benzene rings is 1. The summed E-state index contributed by atoms with van der Waals surface area (Å²) in [6, 6.07) is 8.67. The topological polar surface area (TPSA) is 24.9 Å². The summed E-state index contributed by atoms with van der Waals surface area (Å²) in [7, 11) is 0. The number of rotatable bonds is 2. The van der Waals surface area contributed by atoms with Crippen LogP contribution in [0.3, 0.4) is 0 Å². The third-order valence-corrected chi connectivity index (χ3v) is 3.00. The highest BCUT2D eigenvalue weighted by Gasteiger charge is 2.07. The SMILES string of the molecule is Cc1cc(NC(C)C)c2cccc(Br)c2n1. The Morgan fingerprint density at radius 3 is 2.75 bits per heavy atom. The Labute approximate surface area is 104 Å². The number of aryl methyl sites for hydroxylation is 1. The molecule has 0 bridgehead atoms. The van der Waals surface area contributed by atoms with Gasteiger partial charge in [0.15, 0.2) is 0 Å². The first-order valence-electron chi connectivity index (χ1n) is 5.40. The van der Waals surface area contributed by atoms with Crippen LogP contribution in [0, 0.1) is 6.92 Å². The highest BCUT2D eigenvalue weighted by Crippen LogP contribution is 2.28. The van der Waals surface area contributed by atoms with Crippen LogP contribution in [0.1, 0.15) is 19.5 Å². The maximum Gasteiger partial charge on any atom is 0.0867 e. The molecule has 0 radical (unpaired) electrons. The van der Waals surface area contributed by atoms with Crippen LogP contribution in [0.2, 0.25) is 0 Å². The molecule has 0 aliphatic rings. The predicted molar refractivity (Wildman–Crippen MR) is 72.9 cm³/mol. The first-order chi connectivity index (χ1) is 7.58. The van der Waals surface area contributed by atoms with E-state index in [1.165, 1.54) is 0 Å². The van der Waals surface area contributed by atoms with Gasteiger partial charge in [0.2, 0.25) is 0 Å². The lowest BCUT2D eigenvalue weighted by atomic mass is 10.1. The van der Waals surface area contributed by atoms with Crippen molar-refractivity contribution in [3.8, 4) is 0 Å². The Bertz CT molecular complexity index is 521. The summed E-state index contributed by atoms with van der Waals surface area (Å²) in [6.45, 7) is 6.30. The highest BCUT2D eigenvalue weighted by atomic mass is 79.9. The van der Waals surface area contributed by atoms with E-state index in [4.69, 9.17) is 0 Å². The van der Waals surface area contributed by atoms with E-state index in [9.17, 15) is 0 Å². The van der Waals surface area contributed by atoms with Crippen LogP contribution < -0.4 is 5.32 Å². The molecule has 2 nitrogen and oxygen atoms in total. The van der Waals surface area contributed by atoms with Gasteiger partial charge in [0.25, 0.3) is 0 Å². The molecule has 16 heavy (non-hydrogen) atoms. The van der Waals surface area contributed by atoms with E-state index in [1.807, 2.05) is 19.1 Å². The van der Waals surface area contributed by atoms with Gasteiger partial charge in [0.05, 0.1) is 5.52 Å². The van der Waals surface area contributed by atoms with Crippen molar-refractivity contribution in [1.29, 1.82) is 0 Å². The average molecular weight is 279 g/mol. The third kappa shape index (κ3) is 2.19. The van der Waals surface area contributed by atoms with Crippen molar-refractivity contribution >= 4 is 32.5 Å². The summed E-state index contributed by atoms with van der Waals surface area (Å²) in [5.74, 6) is 0. The predicted octanol–water partition coefficient (Wildman–Crippen LogP) is 4.13. The fourth-order valence-electron chi connectivity index (χ4n) is 1.77. The molecule has 2 aromatic rings. The number of nitrogens with one attached hydrogen (secondary N) is 1. The van der Waals surface area contributed by atoms with E-state index in [-0.39, 0.29) is 0 Å². The first-order valence-corrected chi connectivity index (χ1v) is 6.19. The van der Waals surface area contributed by atoms with E-state index in [1.54, 1.807) is 0 Å². The van der Waals surface area contributed by atoms with Crippen molar-refractivity contribution in [2.75, 3.05) is 5.32 Å². The van der Waals surface area contributed by atoms with Gasteiger partial charge in [-0.25, -0.2) is 0 Å². The van der Waals surface area contributed by atoms with Gasteiger partial charge < -0.3 is 5.32 Å². The van der Waals surface area contributed by atoms with Gasteiger partial charge in [-0.05, 0) is 48.8 Å². The Kier molecular flexibility index (Phi) is 3.15. The fourth-order valence-corrected chi connectivity index (χ4v) is 2.23. The maximum absolute atomic E-state index is 4.56. The molecule has 0 spiro atoms. The number of fused-ring (bicyclic) bond motifs is 1. The standard InChI is InChI=1S/C13H15BrN2/c1-8(2)15-12-7-9(3)16-13-10(12)5-4-6-11(13)14/h4-8H,1-3H3,(H,15,16). The summed E-state index contributed by atoms with van der Waals surface area (Å²) >= 11 is 3.54. The van der Waals surface area contributed by atoms with Gasteiger partial charge in [0, 0.05) is 27.3 Å². The van der Waals surface area contributed by atoms with Crippen LogP contribution >= 0.6 is 15.9 Å². The van der Waals surface area contributed by atoms with Crippen LogP contribution in [0.15, 0.2) is 28.7 Å². The van der Waals surface area contributed by atoms with Crippen LogP contribution in [0.5, 0.6) is 0 Å². The van der Waals surface area contributed by atoms with E-state index in [0.717, 1.165) is 26.8 Å². The molecule has 0 amide bonds. The summed E-state index contributed by atoms with van der Waals surface area (Å²) < 4.78 is 1.04. The van der Waals surface area contributed by atoms with Gasteiger partial charge in [-0.15, -0.1) is 0 Å². The molecular weight excluding hydrogens is 264 g/mol. The van der Waals surface area contributed by atoms with Crippen molar-refractivity contribution in [1.82, 2.24) is 4.98 Å². The monoisotopic (exact) mass is 278 g/mol. The summed E-state index contributed by atoms with van der Waals surface area (Å²) in [5.41, 5.74) is 3.20. The molecule has 0 aliphatic heterocycles. The third-order valence-electron chi connectivity index (χ3n) is 2.36. The van der Waals surface area contributed by atoms with Crippen LogP contribution in [0.25, 0.3) is 10.9 Å². The maximum atomic E-state index is 4.56. The second-order valence-corrected chi connectivity index (χ2v) is 5.10. The normalized spacial score (nSPS) is 11.1. The quantitative estimate of drug-likeness (QED) is 0.894. The van der Waals surface area contributed by atoms with Gasteiger partial charge >= 0.3 is 0 Å². The number of anilines is 1. The highest BCUT2D eigenvalue weighted by molar-refractivity contribution is 9.10. The molecule has 3 heteroatoms. The van der Waals surface area contributed by atoms with Crippen molar-refractivity contribution in [2.45, 2.75) is 26.8 Å². The lowest BCUT2D eigenvalue weighted by Crippen LogP contribution is -2.10. The van der Waals surface area contributed by atoms with Crippen molar-refractivity contribution in [2.24, 2.45) is 0 Å². The van der Waals surface area contributed by atoms with Gasteiger partial charge in [-0.2, -0.15) is 0 Å². The van der Waals surface area contributed by atoms with E-state index in [0.29, 0.717) is 6.04 Å². The van der Waals surface area contributed by atoms with Crippen molar-refractivity contribution < 1.29 is 0 Å². The largest absolute Gasteiger partial charge is 0.382 e. The molecule has 0 aliphatic carbocycles. The minimum Gasteiger partial charge on any atom is -0.382 e. The van der Waals surface area contributed by atoms with Gasteiger partial charge in [-0.1, -0.05) is 12.1 Å². The molecule has 0 unspecified atom stereocenters. The second kappa shape index (κ2) is 4.42. The lowest BCUT2D eigenvalue weighted by Gasteiger charge is -2.14. The number of halogens is 1. The smallest absolute Gasteiger partial charge is 0.0867 e. The molecular formula is C13H15BrN2. The van der Waals surface area contributed by atoms with Crippen molar-refractivity contribution in [3.05, 3.63) is 34.4 Å². The summed E-state index contributed by atoms with van der Waals surface area (Å²) in [4.78, 5) is 4.56. The van der Waals surface area contributed by atoms with Gasteiger partial charge in [0.1, 0.15) is 0 Å². The molecule has 1 heterocycles. The van der Waals surface area contributed by atoms with Crippen LogP contribution in [-0.2, 0) is 0 Å². The van der Waals surface area contributed by atoms with Crippen LogP contribution in [-0.4, -0.2) is 11.0 Å². The number of para-hydroxylation sites is 1. The number of aromatic nitrogens is 1.